The molecule has 0 spiro atoms. The number of aliphatic hydroxyl groups excluding tert-OH is 1. The van der Waals surface area contributed by atoms with Gasteiger partial charge in [-0.2, -0.15) is 0 Å². The van der Waals surface area contributed by atoms with Gasteiger partial charge in [0.2, 0.25) is 0 Å². The molecule has 0 aliphatic heterocycles. The van der Waals surface area contributed by atoms with E-state index in [1.165, 1.54) is 25.7 Å². The van der Waals surface area contributed by atoms with Crippen LogP contribution in [0.15, 0.2) is 0 Å². The van der Waals surface area contributed by atoms with E-state index in [0.29, 0.717) is 0 Å². The van der Waals surface area contributed by atoms with Crippen LogP contribution in [0.5, 0.6) is 0 Å². The Morgan fingerprint density at radius 2 is 1.54 bits per heavy atom. The minimum Gasteiger partial charge on any atom is -0.393 e. The molecular formula is C12H18O. The SMILES string of the molecule is O[C@@H]1C[C@@H]2C[C@@H]1[C@H]1[C@H]3CC[C@@H](C3)[C@@H]21. The molecule has 4 aliphatic carbocycles. The second kappa shape index (κ2) is 2.13. The van der Waals surface area contributed by atoms with Crippen LogP contribution >= 0.6 is 0 Å². The Morgan fingerprint density at radius 1 is 0.769 bits per heavy atom. The molecule has 0 heterocycles. The van der Waals surface area contributed by atoms with Crippen molar-refractivity contribution in [3.63, 3.8) is 0 Å². The first-order chi connectivity index (χ1) is 6.34. The molecule has 0 amide bonds. The van der Waals surface area contributed by atoms with E-state index in [4.69, 9.17) is 0 Å². The van der Waals surface area contributed by atoms with Crippen LogP contribution in [0.3, 0.4) is 0 Å². The molecule has 4 aliphatic rings. The first kappa shape index (κ1) is 7.28. The van der Waals surface area contributed by atoms with Crippen LogP contribution in [0.1, 0.15) is 32.1 Å². The van der Waals surface area contributed by atoms with Crippen LogP contribution in [0, 0.1) is 35.5 Å². The maximum atomic E-state index is 9.89. The first-order valence-electron chi connectivity index (χ1n) is 6.02. The maximum Gasteiger partial charge on any atom is 0.0574 e. The van der Waals surface area contributed by atoms with Gasteiger partial charge in [0.25, 0.3) is 0 Å². The second-order valence-electron chi connectivity index (χ2n) is 5.95. The van der Waals surface area contributed by atoms with Gasteiger partial charge >= 0.3 is 0 Å². The summed E-state index contributed by atoms with van der Waals surface area (Å²) in [6, 6.07) is 0. The molecule has 13 heavy (non-hydrogen) atoms. The van der Waals surface area contributed by atoms with E-state index in [1.807, 2.05) is 0 Å². The largest absolute Gasteiger partial charge is 0.393 e. The van der Waals surface area contributed by atoms with Crippen molar-refractivity contribution in [2.75, 3.05) is 0 Å². The van der Waals surface area contributed by atoms with Crippen LogP contribution in [0.4, 0.5) is 0 Å². The molecule has 0 aromatic carbocycles. The van der Waals surface area contributed by atoms with Crippen LogP contribution in [0.25, 0.3) is 0 Å². The van der Waals surface area contributed by atoms with E-state index in [1.54, 1.807) is 0 Å². The third-order valence-corrected chi connectivity index (χ3v) is 5.70. The van der Waals surface area contributed by atoms with E-state index < -0.39 is 0 Å². The summed E-state index contributed by atoms with van der Waals surface area (Å²) in [6.07, 6.45) is 7.14. The zero-order valence-electron chi connectivity index (χ0n) is 8.02. The fraction of sp³-hybridized carbons (Fsp3) is 1.00. The van der Waals surface area contributed by atoms with E-state index in [-0.39, 0.29) is 6.10 Å². The van der Waals surface area contributed by atoms with Crippen molar-refractivity contribution in [2.45, 2.75) is 38.2 Å². The normalized spacial score (nSPS) is 67.6. The fourth-order valence-corrected chi connectivity index (χ4v) is 5.53. The minimum absolute atomic E-state index is 0.0885. The third kappa shape index (κ3) is 0.707. The molecule has 4 fully saturated rings. The summed E-state index contributed by atoms with van der Waals surface area (Å²) in [7, 11) is 0. The number of fused-ring (bicyclic) bond motifs is 9. The number of aliphatic hydroxyl groups is 1. The summed E-state index contributed by atoms with van der Waals surface area (Å²) < 4.78 is 0. The molecule has 4 bridgehead atoms. The highest BCUT2D eigenvalue weighted by atomic mass is 16.3. The number of hydrogen-bond acceptors (Lipinski definition) is 1. The Labute approximate surface area is 79.5 Å². The molecule has 1 N–H and O–H groups in total. The van der Waals surface area contributed by atoms with Crippen molar-refractivity contribution in [1.82, 2.24) is 0 Å². The summed E-state index contributed by atoms with van der Waals surface area (Å²) in [5.74, 6) is 5.79. The average Bonchev–Trinajstić information content (AvgIpc) is 2.78. The molecule has 72 valence electrons. The standard InChI is InChI=1S/C12H18O/c13-10-5-8-4-9(10)12-7-2-1-6(3-7)11(8)12/h6-13H,1-5H2/t6-,7-,8-,9-,10+,11-,12+/m0/s1. The van der Waals surface area contributed by atoms with Crippen molar-refractivity contribution in [3.8, 4) is 0 Å². The summed E-state index contributed by atoms with van der Waals surface area (Å²) in [6.45, 7) is 0. The van der Waals surface area contributed by atoms with Gasteiger partial charge in [-0.1, -0.05) is 0 Å². The van der Waals surface area contributed by atoms with Gasteiger partial charge in [0.05, 0.1) is 6.10 Å². The van der Waals surface area contributed by atoms with Crippen LogP contribution < -0.4 is 0 Å². The monoisotopic (exact) mass is 178 g/mol. The van der Waals surface area contributed by atoms with Gasteiger partial charge in [0, 0.05) is 0 Å². The Kier molecular flexibility index (Phi) is 1.19. The van der Waals surface area contributed by atoms with Crippen molar-refractivity contribution < 1.29 is 5.11 Å². The zero-order chi connectivity index (χ0) is 8.58. The summed E-state index contributed by atoms with van der Waals surface area (Å²) in [5.41, 5.74) is 0. The van der Waals surface area contributed by atoms with Crippen LogP contribution in [-0.4, -0.2) is 11.2 Å². The van der Waals surface area contributed by atoms with Crippen molar-refractivity contribution in [1.29, 1.82) is 0 Å². The van der Waals surface area contributed by atoms with Crippen molar-refractivity contribution in [3.05, 3.63) is 0 Å². The van der Waals surface area contributed by atoms with Crippen LogP contribution in [-0.2, 0) is 0 Å². The van der Waals surface area contributed by atoms with E-state index >= 15 is 0 Å². The maximum absolute atomic E-state index is 9.89. The zero-order valence-corrected chi connectivity index (χ0v) is 8.02. The lowest BCUT2D eigenvalue weighted by atomic mass is 9.70. The molecule has 4 saturated carbocycles. The van der Waals surface area contributed by atoms with Gasteiger partial charge in [-0.3, -0.25) is 0 Å². The smallest absolute Gasteiger partial charge is 0.0574 e. The van der Waals surface area contributed by atoms with Gasteiger partial charge < -0.3 is 5.11 Å². The predicted molar refractivity (Wildman–Crippen MR) is 50.0 cm³/mol. The summed E-state index contributed by atoms with van der Waals surface area (Å²) in [5, 5.41) is 9.89. The summed E-state index contributed by atoms with van der Waals surface area (Å²) >= 11 is 0. The van der Waals surface area contributed by atoms with Crippen molar-refractivity contribution >= 4 is 0 Å². The molecule has 0 unspecified atom stereocenters. The van der Waals surface area contributed by atoms with E-state index in [2.05, 4.69) is 0 Å². The third-order valence-electron chi connectivity index (χ3n) is 5.70. The molecule has 1 nitrogen and oxygen atoms in total. The lowest BCUT2D eigenvalue weighted by molar-refractivity contribution is 0.0291. The summed E-state index contributed by atoms with van der Waals surface area (Å²) in [4.78, 5) is 0. The molecule has 0 aromatic heterocycles. The van der Waals surface area contributed by atoms with Gasteiger partial charge in [-0.15, -0.1) is 0 Å². The Bertz CT molecular complexity index is 250. The van der Waals surface area contributed by atoms with E-state index in [9.17, 15) is 5.11 Å². The van der Waals surface area contributed by atoms with Gasteiger partial charge in [0.15, 0.2) is 0 Å². The Hall–Kier alpha value is -0.0400. The molecule has 7 atom stereocenters. The second-order valence-corrected chi connectivity index (χ2v) is 5.95. The van der Waals surface area contributed by atoms with E-state index in [0.717, 1.165) is 41.9 Å². The van der Waals surface area contributed by atoms with Crippen LogP contribution in [0.2, 0.25) is 0 Å². The Morgan fingerprint density at radius 3 is 2.38 bits per heavy atom. The minimum atomic E-state index is 0.0885. The lowest BCUT2D eigenvalue weighted by Gasteiger charge is -2.36. The molecule has 1 heteroatoms. The predicted octanol–water partition coefficient (Wildman–Crippen LogP) is 2.05. The van der Waals surface area contributed by atoms with Gasteiger partial charge in [-0.25, -0.2) is 0 Å². The highest BCUT2D eigenvalue weighted by Crippen LogP contribution is 2.67. The first-order valence-corrected chi connectivity index (χ1v) is 6.02. The van der Waals surface area contributed by atoms with Crippen molar-refractivity contribution in [2.24, 2.45) is 35.5 Å². The number of rotatable bonds is 0. The molecular weight excluding hydrogens is 160 g/mol. The van der Waals surface area contributed by atoms with Gasteiger partial charge in [0.1, 0.15) is 0 Å². The highest BCUT2D eigenvalue weighted by molar-refractivity contribution is 5.10. The van der Waals surface area contributed by atoms with Gasteiger partial charge in [-0.05, 0) is 67.6 Å². The Balaban J connectivity index is 1.75. The average molecular weight is 178 g/mol. The highest BCUT2D eigenvalue weighted by Gasteiger charge is 2.61. The fourth-order valence-electron chi connectivity index (χ4n) is 5.53. The lowest BCUT2D eigenvalue weighted by Crippen LogP contribution is -2.34. The molecule has 0 radical (unpaired) electrons. The molecule has 4 rings (SSSR count). The number of hydrogen-bond donors (Lipinski definition) is 1. The molecule has 0 saturated heterocycles. The quantitative estimate of drug-likeness (QED) is 0.563. The molecule has 0 aromatic rings. The topological polar surface area (TPSA) is 20.2 Å².